The fourth-order valence-corrected chi connectivity index (χ4v) is 4.21. The third-order valence-electron chi connectivity index (χ3n) is 4.70. The zero-order valence-corrected chi connectivity index (χ0v) is 16.5. The molecule has 3 aromatic heterocycles. The number of benzene rings is 1. The van der Waals surface area contributed by atoms with Gasteiger partial charge in [-0.05, 0) is 47.7 Å². The molecule has 136 valence electrons. The molecule has 1 aromatic carbocycles. The lowest BCUT2D eigenvalue weighted by atomic mass is 10.0. The molecule has 0 aliphatic heterocycles. The number of pyridine rings is 2. The smallest absolute Gasteiger partial charge is 0.251 e. The molecule has 1 atom stereocenters. The number of rotatable bonds is 3. The van der Waals surface area contributed by atoms with Crippen LogP contribution in [0.25, 0.3) is 21.3 Å². The van der Waals surface area contributed by atoms with Crippen LogP contribution in [0.2, 0.25) is 5.02 Å². The highest BCUT2D eigenvalue weighted by Crippen LogP contribution is 2.33. The largest absolute Gasteiger partial charge is 0.319 e. The van der Waals surface area contributed by atoms with Crippen LogP contribution < -0.4 is 11.3 Å². The van der Waals surface area contributed by atoms with Gasteiger partial charge in [0.25, 0.3) is 5.56 Å². The Morgan fingerprint density at radius 1 is 1.19 bits per heavy atom. The maximum Gasteiger partial charge on any atom is 0.251 e. The second-order valence-corrected chi connectivity index (χ2v) is 7.95. The summed E-state index contributed by atoms with van der Waals surface area (Å²) in [6, 6.07) is 12.8. The van der Waals surface area contributed by atoms with Gasteiger partial charge in [0.05, 0.1) is 23.4 Å². The molecule has 0 saturated heterocycles. The van der Waals surface area contributed by atoms with Crippen LogP contribution in [-0.2, 0) is 7.05 Å². The second kappa shape index (κ2) is 6.93. The number of halogens is 1. The minimum atomic E-state index is -0.373. The van der Waals surface area contributed by atoms with E-state index in [1.165, 1.54) is 5.56 Å². The van der Waals surface area contributed by atoms with Gasteiger partial charge in [0.15, 0.2) is 0 Å². The minimum absolute atomic E-state index is 0.0555. The monoisotopic (exact) mass is 395 g/mol. The third-order valence-corrected chi connectivity index (χ3v) is 6.03. The first-order valence-electron chi connectivity index (χ1n) is 8.50. The summed E-state index contributed by atoms with van der Waals surface area (Å²) < 4.78 is 1.61. The molecule has 0 bridgehead atoms. The first kappa shape index (κ1) is 17.9. The first-order valence-corrected chi connectivity index (χ1v) is 9.76. The van der Waals surface area contributed by atoms with Crippen molar-refractivity contribution in [3.05, 3.63) is 86.2 Å². The molecule has 27 heavy (non-hydrogen) atoms. The Morgan fingerprint density at radius 2 is 1.93 bits per heavy atom. The molecule has 0 aliphatic carbocycles. The van der Waals surface area contributed by atoms with E-state index in [9.17, 15) is 4.79 Å². The predicted octanol–water partition coefficient (Wildman–Crippen LogP) is 4.67. The number of aromatic nitrogens is 2. The Bertz CT molecular complexity index is 1190. The third kappa shape index (κ3) is 3.30. The van der Waals surface area contributed by atoms with Crippen molar-refractivity contribution in [2.75, 3.05) is 0 Å². The number of nitrogens with two attached hydrogens (primary N) is 1. The minimum Gasteiger partial charge on any atom is -0.319 e. The number of fused-ring (bicyclic) bond motifs is 1. The van der Waals surface area contributed by atoms with Gasteiger partial charge in [0.1, 0.15) is 0 Å². The zero-order valence-electron chi connectivity index (χ0n) is 14.9. The number of nitrogens with zero attached hydrogens (tertiary/aromatic N) is 2. The van der Waals surface area contributed by atoms with Gasteiger partial charge in [0, 0.05) is 34.0 Å². The van der Waals surface area contributed by atoms with E-state index in [0.29, 0.717) is 5.02 Å². The van der Waals surface area contributed by atoms with Crippen LogP contribution >= 0.6 is 22.9 Å². The van der Waals surface area contributed by atoms with Crippen LogP contribution in [0.3, 0.4) is 0 Å². The Kier molecular flexibility index (Phi) is 4.60. The molecule has 0 spiro atoms. The van der Waals surface area contributed by atoms with Gasteiger partial charge in [-0.15, -0.1) is 11.3 Å². The summed E-state index contributed by atoms with van der Waals surface area (Å²) in [7, 11) is 1.76. The van der Waals surface area contributed by atoms with E-state index in [2.05, 4.69) is 16.4 Å². The van der Waals surface area contributed by atoms with E-state index in [1.807, 2.05) is 37.3 Å². The molecule has 6 heteroatoms. The maximum atomic E-state index is 12.4. The topological polar surface area (TPSA) is 60.9 Å². The van der Waals surface area contributed by atoms with E-state index in [4.69, 9.17) is 17.3 Å². The fourth-order valence-electron chi connectivity index (χ4n) is 3.15. The quantitative estimate of drug-likeness (QED) is 0.548. The van der Waals surface area contributed by atoms with Crippen molar-refractivity contribution in [3.63, 3.8) is 0 Å². The molecule has 4 aromatic rings. The highest BCUT2D eigenvalue weighted by Gasteiger charge is 2.15. The van der Waals surface area contributed by atoms with E-state index >= 15 is 0 Å². The SMILES string of the molecule is Cc1csc(-c2cc(=O)n(C)c3cnc(C(N)c4ccc(Cl)cc4)cc23)c1. The Morgan fingerprint density at radius 3 is 2.59 bits per heavy atom. The number of hydrogen-bond donors (Lipinski definition) is 1. The Balaban J connectivity index is 1.91. The summed E-state index contributed by atoms with van der Waals surface area (Å²) >= 11 is 7.61. The number of thiophene rings is 1. The van der Waals surface area contributed by atoms with Crippen molar-refractivity contribution in [1.82, 2.24) is 9.55 Å². The van der Waals surface area contributed by atoms with Crippen LogP contribution in [0.5, 0.6) is 0 Å². The average molecular weight is 396 g/mol. The molecule has 1 unspecified atom stereocenters. The van der Waals surface area contributed by atoms with Gasteiger partial charge in [-0.25, -0.2) is 0 Å². The highest BCUT2D eigenvalue weighted by atomic mass is 35.5. The van der Waals surface area contributed by atoms with Gasteiger partial charge in [-0.2, -0.15) is 0 Å². The molecule has 4 nitrogen and oxygen atoms in total. The summed E-state index contributed by atoms with van der Waals surface area (Å²) in [5.74, 6) is 0. The van der Waals surface area contributed by atoms with Crippen LogP contribution in [0.1, 0.15) is 22.9 Å². The number of aryl methyl sites for hydroxylation is 2. The van der Waals surface area contributed by atoms with E-state index in [-0.39, 0.29) is 11.6 Å². The van der Waals surface area contributed by atoms with E-state index in [0.717, 1.165) is 32.6 Å². The Hall–Kier alpha value is -2.47. The van der Waals surface area contributed by atoms with Gasteiger partial charge in [0.2, 0.25) is 0 Å². The summed E-state index contributed by atoms with van der Waals surface area (Å²) in [5, 5.41) is 3.72. The summed E-state index contributed by atoms with van der Waals surface area (Å²) in [4.78, 5) is 18.0. The molecule has 0 saturated carbocycles. The molecular formula is C21H18ClN3OS. The predicted molar refractivity (Wildman–Crippen MR) is 113 cm³/mol. The van der Waals surface area contributed by atoms with Crippen LogP contribution in [-0.4, -0.2) is 9.55 Å². The van der Waals surface area contributed by atoms with Crippen molar-refractivity contribution >= 4 is 33.8 Å². The van der Waals surface area contributed by atoms with Gasteiger partial charge in [-0.1, -0.05) is 23.7 Å². The molecule has 4 rings (SSSR count). The number of hydrogen-bond acceptors (Lipinski definition) is 4. The summed E-state index contributed by atoms with van der Waals surface area (Å²) in [6.07, 6.45) is 1.73. The summed E-state index contributed by atoms with van der Waals surface area (Å²) in [5.41, 5.74) is 11.0. The molecule has 0 fully saturated rings. The lowest BCUT2D eigenvalue weighted by Gasteiger charge is -2.15. The van der Waals surface area contributed by atoms with Crippen LogP contribution in [0.4, 0.5) is 0 Å². The second-order valence-electron chi connectivity index (χ2n) is 6.60. The molecule has 0 amide bonds. The van der Waals surface area contributed by atoms with Crippen molar-refractivity contribution in [1.29, 1.82) is 0 Å². The zero-order chi connectivity index (χ0) is 19.1. The molecule has 0 aliphatic rings. The molecule has 0 radical (unpaired) electrons. The van der Waals surface area contributed by atoms with Crippen molar-refractivity contribution < 1.29 is 0 Å². The van der Waals surface area contributed by atoms with Crippen molar-refractivity contribution in [2.45, 2.75) is 13.0 Å². The van der Waals surface area contributed by atoms with Gasteiger partial charge < -0.3 is 10.3 Å². The lowest BCUT2D eigenvalue weighted by Crippen LogP contribution is -2.18. The normalized spacial score (nSPS) is 12.4. The van der Waals surface area contributed by atoms with Crippen LogP contribution in [0.15, 0.2) is 58.8 Å². The molecule has 3 heterocycles. The standard InChI is InChI=1S/C21H18ClN3OS/c1-12-7-19(27-11-12)16-9-20(26)25(2)18-10-24-17(8-15(16)18)21(23)13-3-5-14(22)6-4-13/h3-11,21H,23H2,1-2H3. The molecule has 2 N–H and O–H groups in total. The van der Waals surface area contributed by atoms with Gasteiger partial charge in [-0.3, -0.25) is 9.78 Å². The van der Waals surface area contributed by atoms with E-state index < -0.39 is 0 Å². The van der Waals surface area contributed by atoms with Gasteiger partial charge >= 0.3 is 0 Å². The highest BCUT2D eigenvalue weighted by molar-refractivity contribution is 7.13. The van der Waals surface area contributed by atoms with Crippen molar-refractivity contribution in [2.24, 2.45) is 12.8 Å². The lowest BCUT2D eigenvalue weighted by molar-refractivity contribution is 0.827. The van der Waals surface area contributed by atoms with Crippen molar-refractivity contribution in [3.8, 4) is 10.4 Å². The maximum absolute atomic E-state index is 12.4. The van der Waals surface area contributed by atoms with E-state index in [1.54, 1.807) is 35.2 Å². The Labute approximate surface area is 165 Å². The molecular weight excluding hydrogens is 378 g/mol. The first-order chi connectivity index (χ1) is 12.9. The average Bonchev–Trinajstić information content (AvgIpc) is 3.10. The summed E-state index contributed by atoms with van der Waals surface area (Å²) in [6.45, 7) is 2.05. The van der Waals surface area contributed by atoms with Crippen LogP contribution in [0, 0.1) is 6.92 Å². The fraction of sp³-hybridized carbons (Fsp3) is 0.143.